The average Bonchev–Trinajstić information content (AvgIpc) is 2.98. The molecule has 2 aliphatic rings. The molecule has 0 fully saturated rings. The number of hydrogen-bond acceptors (Lipinski definition) is 4. The van der Waals surface area contributed by atoms with Gasteiger partial charge in [0.1, 0.15) is 0 Å². The predicted molar refractivity (Wildman–Crippen MR) is 140 cm³/mol. The lowest BCUT2D eigenvalue weighted by molar-refractivity contribution is -0.116. The molecule has 0 aromatic heterocycles. The molecule has 168 valence electrons. The minimum Gasteiger partial charge on any atom is -0.378 e. The summed E-state index contributed by atoms with van der Waals surface area (Å²) >= 11 is 3.68. The molecule has 0 bridgehead atoms. The van der Waals surface area contributed by atoms with E-state index in [-0.39, 0.29) is 17.7 Å². The van der Waals surface area contributed by atoms with Gasteiger partial charge in [-0.15, -0.1) is 0 Å². The Balaban J connectivity index is 1.57. The molecule has 4 nitrogen and oxygen atoms in total. The van der Waals surface area contributed by atoms with Crippen molar-refractivity contribution in [3.63, 3.8) is 0 Å². The number of ketones is 1. The van der Waals surface area contributed by atoms with E-state index in [0.29, 0.717) is 6.42 Å². The molecule has 33 heavy (non-hydrogen) atoms. The highest BCUT2D eigenvalue weighted by Gasteiger charge is 2.36. The average molecular weight is 502 g/mol. The zero-order valence-electron chi connectivity index (χ0n) is 19.2. The number of carbonyl (C=O) groups is 1. The lowest BCUT2D eigenvalue weighted by Crippen LogP contribution is -2.27. The number of hydrogen-bond donors (Lipinski definition) is 2. The fraction of sp³-hybridized carbons (Fsp3) is 0.250. The molecule has 0 radical (unpaired) electrons. The van der Waals surface area contributed by atoms with Crippen LogP contribution in [0.3, 0.4) is 0 Å². The van der Waals surface area contributed by atoms with Crippen LogP contribution in [0.2, 0.25) is 0 Å². The fourth-order valence-corrected chi connectivity index (χ4v) is 5.21. The van der Waals surface area contributed by atoms with Gasteiger partial charge in [-0.1, -0.05) is 52.3 Å². The molecule has 0 spiro atoms. The van der Waals surface area contributed by atoms with Crippen LogP contribution in [0.5, 0.6) is 0 Å². The molecule has 0 saturated heterocycles. The number of benzene rings is 3. The Bertz CT molecular complexity index is 1250. The first kappa shape index (κ1) is 21.8. The number of Topliss-reactive ketones (excluding diaryl/α,β-unsaturated/α-hetero) is 1. The van der Waals surface area contributed by atoms with Crippen LogP contribution in [-0.4, -0.2) is 19.9 Å². The number of allylic oxidation sites excluding steroid dienone is 1. The standard InChI is InChI=1S/C28H28BrN3O/c1-17-8-9-19(14-22(17)29)28-27-25(30-23-6-4-5-7-24(23)31-28)15-20(16-26(27)33)18-10-12-21(13-11-18)32(2)3/h4-14,20,28,30-31H,15-16H2,1-3H3. The quantitative estimate of drug-likeness (QED) is 0.413. The normalized spacial score (nSPS) is 19.7. The van der Waals surface area contributed by atoms with Gasteiger partial charge in [0, 0.05) is 41.9 Å². The molecule has 2 N–H and O–H groups in total. The molecule has 3 aromatic carbocycles. The maximum absolute atomic E-state index is 13.7. The zero-order valence-corrected chi connectivity index (χ0v) is 20.7. The summed E-state index contributed by atoms with van der Waals surface area (Å²) < 4.78 is 1.05. The third kappa shape index (κ3) is 4.18. The van der Waals surface area contributed by atoms with Crippen LogP contribution in [0.25, 0.3) is 0 Å². The molecule has 2 atom stereocenters. The Morgan fingerprint density at radius 1 is 0.909 bits per heavy atom. The number of halogens is 1. The first-order valence-electron chi connectivity index (χ1n) is 11.3. The number of anilines is 3. The van der Waals surface area contributed by atoms with E-state index in [1.54, 1.807) is 0 Å². The second-order valence-corrected chi connectivity index (χ2v) is 10.0. The third-order valence-corrected chi connectivity index (χ3v) is 7.57. The highest BCUT2D eigenvalue weighted by Crippen LogP contribution is 2.44. The van der Waals surface area contributed by atoms with Crippen molar-refractivity contribution in [1.82, 2.24) is 0 Å². The van der Waals surface area contributed by atoms with Gasteiger partial charge < -0.3 is 15.5 Å². The van der Waals surface area contributed by atoms with Gasteiger partial charge in [0.05, 0.1) is 17.4 Å². The number of rotatable bonds is 3. The van der Waals surface area contributed by atoms with E-state index in [2.05, 4.69) is 93.0 Å². The molecule has 2 unspecified atom stereocenters. The molecule has 5 rings (SSSR count). The van der Waals surface area contributed by atoms with Crippen LogP contribution >= 0.6 is 15.9 Å². The molecule has 3 aromatic rings. The van der Waals surface area contributed by atoms with Crippen LogP contribution in [0, 0.1) is 6.92 Å². The summed E-state index contributed by atoms with van der Waals surface area (Å²) in [7, 11) is 4.08. The predicted octanol–water partition coefficient (Wildman–Crippen LogP) is 6.80. The van der Waals surface area contributed by atoms with Gasteiger partial charge in [0.25, 0.3) is 0 Å². The molecule has 5 heteroatoms. The van der Waals surface area contributed by atoms with E-state index >= 15 is 0 Å². The van der Waals surface area contributed by atoms with Gasteiger partial charge in [-0.05, 0) is 66.3 Å². The Hall–Kier alpha value is -3.05. The number of para-hydroxylation sites is 2. The molecular formula is C28H28BrN3O. The minimum atomic E-state index is -0.197. The molecular weight excluding hydrogens is 474 g/mol. The van der Waals surface area contributed by atoms with Crippen LogP contribution in [0.1, 0.15) is 41.5 Å². The van der Waals surface area contributed by atoms with E-state index in [0.717, 1.165) is 44.8 Å². The van der Waals surface area contributed by atoms with Gasteiger partial charge in [0.15, 0.2) is 5.78 Å². The molecule has 0 amide bonds. The summed E-state index contributed by atoms with van der Waals surface area (Å²) in [4.78, 5) is 15.8. The van der Waals surface area contributed by atoms with E-state index in [9.17, 15) is 4.79 Å². The Kier molecular flexibility index (Phi) is 5.75. The zero-order chi connectivity index (χ0) is 23.1. The van der Waals surface area contributed by atoms with Gasteiger partial charge in [-0.2, -0.15) is 0 Å². The van der Waals surface area contributed by atoms with Crippen LogP contribution in [0.4, 0.5) is 17.1 Å². The highest BCUT2D eigenvalue weighted by atomic mass is 79.9. The van der Waals surface area contributed by atoms with Crippen molar-refractivity contribution in [1.29, 1.82) is 0 Å². The second-order valence-electron chi connectivity index (χ2n) is 9.16. The maximum Gasteiger partial charge on any atom is 0.163 e. The summed E-state index contributed by atoms with van der Waals surface area (Å²) in [6.45, 7) is 2.08. The van der Waals surface area contributed by atoms with Crippen molar-refractivity contribution in [2.75, 3.05) is 29.6 Å². The number of fused-ring (bicyclic) bond motifs is 1. The van der Waals surface area contributed by atoms with E-state index in [4.69, 9.17) is 0 Å². The van der Waals surface area contributed by atoms with Gasteiger partial charge in [-0.25, -0.2) is 0 Å². The molecule has 1 heterocycles. The maximum atomic E-state index is 13.7. The fourth-order valence-electron chi connectivity index (χ4n) is 4.81. The number of aryl methyl sites for hydroxylation is 1. The number of nitrogens with zero attached hydrogens (tertiary/aromatic N) is 1. The van der Waals surface area contributed by atoms with Crippen molar-refractivity contribution in [3.8, 4) is 0 Å². The summed E-state index contributed by atoms with van der Waals surface area (Å²) in [5.74, 6) is 0.364. The Morgan fingerprint density at radius 2 is 1.61 bits per heavy atom. The van der Waals surface area contributed by atoms with Crippen molar-refractivity contribution < 1.29 is 4.79 Å². The first-order chi connectivity index (χ1) is 15.9. The topological polar surface area (TPSA) is 44.4 Å². The van der Waals surface area contributed by atoms with E-state index in [1.807, 2.05) is 26.2 Å². The van der Waals surface area contributed by atoms with E-state index in [1.165, 1.54) is 11.1 Å². The second kappa shape index (κ2) is 8.71. The summed E-state index contributed by atoms with van der Waals surface area (Å²) in [5, 5.41) is 7.28. The first-order valence-corrected chi connectivity index (χ1v) is 12.1. The lowest BCUT2D eigenvalue weighted by atomic mass is 9.78. The molecule has 1 aliphatic heterocycles. The van der Waals surface area contributed by atoms with Crippen molar-refractivity contribution in [2.24, 2.45) is 0 Å². The minimum absolute atomic E-state index is 0.163. The van der Waals surface area contributed by atoms with Crippen LogP contribution < -0.4 is 15.5 Å². The monoisotopic (exact) mass is 501 g/mol. The summed E-state index contributed by atoms with van der Waals surface area (Å²) in [6.07, 6.45) is 1.32. The molecule has 1 aliphatic carbocycles. The highest BCUT2D eigenvalue weighted by molar-refractivity contribution is 9.10. The summed E-state index contributed by atoms with van der Waals surface area (Å²) in [5.41, 5.74) is 8.52. The number of carbonyl (C=O) groups excluding carboxylic acids is 1. The number of nitrogens with one attached hydrogen (secondary N) is 2. The molecule has 0 saturated carbocycles. The largest absolute Gasteiger partial charge is 0.378 e. The van der Waals surface area contributed by atoms with Crippen LogP contribution in [-0.2, 0) is 4.79 Å². The lowest BCUT2D eigenvalue weighted by Gasteiger charge is -2.30. The smallest absolute Gasteiger partial charge is 0.163 e. The van der Waals surface area contributed by atoms with Gasteiger partial charge >= 0.3 is 0 Å². The Labute approximate surface area is 203 Å². The van der Waals surface area contributed by atoms with E-state index < -0.39 is 0 Å². The van der Waals surface area contributed by atoms with Crippen molar-refractivity contribution in [3.05, 3.63) is 99.2 Å². The Morgan fingerprint density at radius 3 is 2.30 bits per heavy atom. The van der Waals surface area contributed by atoms with Crippen molar-refractivity contribution >= 4 is 38.8 Å². The summed E-state index contributed by atoms with van der Waals surface area (Å²) in [6, 6.07) is 22.9. The van der Waals surface area contributed by atoms with Gasteiger partial charge in [-0.3, -0.25) is 4.79 Å². The van der Waals surface area contributed by atoms with Gasteiger partial charge in [0.2, 0.25) is 0 Å². The van der Waals surface area contributed by atoms with Crippen molar-refractivity contribution in [2.45, 2.75) is 31.7 Å². The SMILES string of the molecule is Cc1ccc(C2Nc3ccccc3NC3=C2C(=O)CC(c2ccc(N(C)C)cc2)C3)cc1Br. The third-order valence-electron chi connectivity index (χ3n) is 6.72. The van der Waals surface area contributed by atoms with Crippen LogP contribution in [0.15, 0.2) is 82.5 Å².